The minimum Gasteiger partial charge on any atom is -0.354 e. The van der Waals surface area contributed by atoms with Gasteiger partial charge in [0.1, 0.15) is 6.33 Å². The largest absolute Gasteiger partial charge is 0.354 e. The summed E-state index contributed by atoms with van der Waals surface area (Å²) in [6.45, 7) is 10.9. The molecule has 4 aromatic rings. The van der Waals surface area contributed by atoms with E-state index in [-0.39, 0.29) is 0 Å². The highest BCUT2D eigenvalue weighted by Crippen LogP contribution is 2.38. The van der Waals surface area contributed by atoms with Crippen LogP contribution >= 0.6 is 0 Å². The van der Waals surface area contributed by atoms with Gasteiger partial charge in [-0.05, 0) is 86.5 Å². The highest BCUT2D eigenvalue weighted by atomic mass is 15.3. The quantitative estimate of drug-likeness (QED) is 0.426. The molecule has 1 unspecified atom stereocenters. The van der Waals surface area contributed by atoms with Crippen molar-refractivity contribution in [1.82, 2.24) is 24.5 Å². The van der Waals surface area contributed by atoms with Crippen molar-refractivity contribution in [3.63, 3.8) is 0 Å². The van der Waals surface area contributed by atoms with E-state index in [1.54, 1.807) is 6.33 Å². The maximum absolute atomic E-state index is 9.02. The second kappa shape index (κ2) is 8.64. The molecule has 6 nitrogen and oxygen atoms in total. The normalized spacial score (nSPS) is 16.6. The molecule has 4 heterocycles. The zero-order valence-corrected chi connectivity index (χ0v) is 20.0. The summed E-state index contributed by atoms with van der Waals surface area (Å²) in [6, 6.07) is 11.9. The Bertz CT molecular complexity index is 1330. The summed E-state index contributed by atoms with van der Waals surface area (Å²) in [5, 5.41) is 14.7. The molecule has 0 radical (unpaired) electrons. The number of hydrogen-bond donors (Lipinski definition) is 1. The third-order valence-electron chi connectivity index (χ3n) is 7.30. The minimum atomic E-state index is 0.351. The number of rotatable bonds is 5. The second-order valence-corrected chi connectivity index (χ2v) is 9.83. The van der Waals surface area contributed by atoms with E-state index in [0.717, 1.165) is 42.7 Å². The Morgan fingerprint density at radius 2 is 1.97 bits per heavy atom. The van der Waals surface area contributed by atoms with Crippen molar-refractivity contribution < 1.29 is 0 Å². The Morgan fingerprint density at radius 1 is 1.18 bits per heavy atom. The number of H-pyrrole nitrogens is 1. The highest BCUT2D eigenvalue weighted by molar-refractivity contribution is 5.92. The van der Waals surface area contributed by atoms with Crippen LogP contribution < -0.4 is 0 Å². The number of nitrogens with zero attached hydrogens (tertiary/aromatic N) is 5. The Morgan fingerprint density at radius 3 is 2.70 bits per heavy atom. The third kappa shape index (κ3) is 3.91. The van der Waals surface area contributed by atoms with E-state index in [4.69, 9.17) is 5.26 Å². The zero-order chi connectivity index (χ0) is 23.1. The lowest BCUT2D eigenvalue weighted by Gasteiger charge is -2.35. The average Bonchev–Trinajstić information content (AvgIpc) is 3.44. The van der Waals surface area contributed by atoms with Gasteiger partial charge < -0.3 is 4.98 Å². The number of aromatic nitrogens is 4. The number of aryl methyl sites for hydroxylation is 1. The standard InChI is InChI=1S/C27H32N6/c1-17(2)25-23-14-21(20-8-11-32(12-9-20)19(4)7-10-28)5-6-24(23)31-26(25)22-13-18(3)27-29-16-30-33(27)15-22/h5-6,13-17,19-20,31H,7-9,11-12H2,1-4H3. The van der Waals surface area contributed by atoms with Crippen LogP contribution in [0.2, 0.25) is 0 Å². The van der Waals surface area contributed by atoms with E-state index >= 15 is 0 Å². The molecule has 1 aromatic carbocycles. The van der Waals surface area contributed by atoms with E-state index in [2.05, 4.69) is 84.2 Å². The molecular weight excluding hydrogens is 408 g/mol. The van der Waals surface area contributed by atoms with E-state index in [0.29, 0.717) is 24.3 Å². The van der Waals surface area contributed by atoms with Crippen LogP contribution in [0.4, 0.5) is 0 Å². The van der Waals surface area contributed by atoms with Gasteiger partial charge >= 0.3 is 0 Å². The lowest BCUT2D eigenvalue weighted by molar-refractivity contribution is 0.163. The van der Waals surface area contributed by atoms with E-state index < -0.39 is 0 Å². The van der Waals surface area contributed by atoms with Crippen LogP contribution in [-0.2, 0) is 0 Å². The Hall–Kier alpha value is -3.17. The molecule has 1 fully saturated rings. The molecule has 1 aliphatic heterocycles. The third-order valence-corrected chi connectivity index (χ3v) is 7.30. The van der Waals surface area contributed by atoms with E-state index in [1.807, 2.05) is 4.52 Å². The fraction of sp³-hybridized carbons (Fsp3) is 0.444. The first-order valence-electron chi connectivity index (χ1n) is 12.0. The van der Waals surface area contributed by atoms with Crippen molar-refractivity contribution in [3.8, 4) is 17.3 Å². The first kappa shape index (κ1) is 21.7. The SMILES string of the molecule is Cc1cc(-c2[nH]c3ccc(C4CCN(C(C)CC#N)CC4)cc3c2C(C)C)cn2ncnc12. The molecule has 0 bridgehead atoms. The van der Waals surface area contributed by atoms with Gasteiger partial charge in [-0.25, -0.2) is 9.50 Å². The number of benzene rings is 1. The Balaban J connectivity index is 1.50. The fourth-order valence-corrected chi connectivity index (χ4v) is 5.48. The fourth-order valence-electron chi connectivity index (χ4n) is 5.48. The minimum absolute atomic E-state index is 0.351. The van der Waals surface area contributed by atoms with Crippen LogP contribution in [-0.4, -0.2) is 43.6 Å². The summed E-state index contributed by atoms with van der Waals surface area (Å²) < 4.78 is 1.87. The zero-order valence-electron chi connectivity index (χ0n) is 20.0. The predicted molar refractivity (Wildman–Crippen MR) is 132 cm³/mol. The van der Waals surface area contributed by atoms with Crippen LogP contribution in [0.1, 0.15) is 68.6 Å². The van der Waals surface area contributed by atoms with Gasteiger partial charge in [-0.1, -0.05) is 19.9 Å². The summed E-state index contributed by atoms with van der Waals surface area (Å²) in [4.78, 5) is 10.5. The maximum Gasteiger partial charge on any atom is 0.158 e. The first-order chi connectivity index (χ1) is 16.0. The summed E-state index contributed by atoms with van der Waals surface area (Å²) in [5.74, 6) is 0.969. The molecular formula is C27H32N6. The number of piperidine rings is 1. The van der Waals surface area contributed by atoms with Gasteiger partial charge in [-0.2, -0.15) is 10.4 Å². The van der Waals surface area contributed by atoms with Gasteiger partial charge in [0.2, 0.25) is 0 Å². The molecule has 0 aliphatic carbocycles. The van der Waals surface area contributed by atoms with Crippen LogP contribution in [0.15, 0.2) is 36.8 Å². The lowest BCUT2D eigenvalue weighted by atomic mass is 9.87. The predicted octanol–water partition coefficient (Wildman–Crippen LogP) is 5.79. The monoisotopic (exact) mass is 440 g/mol. The Labute approximate surface area is 195 Å². The number of likely N-dealkylation sites (tertiary alicyclic amines) is 1. The molecule has 0 spiro atoms. The molecule has 33 heavy (non-hydrogen) atoms. The van der Waals surface area contributed by atoms with E-state index in [9.17, 15) is 0 Å². The maximum atomic E-state index is 9.02. The second-order valence-electron chi connectivity index (χ2n) is 9.83. The van der Waals surface area contributed by atoms with Gasteiger partial charge in [0.25, 0.3) is 0 Å². The molecule has 6 heteroatoms. The Kier molecular flexibility index (Phi) is 5.67. The average molecular weight is 441 g/mol. The van der Waals surface area contributed by atoms with Gasteiger partial charge in [-0.3, -0.25) is 4.90 Å². The van der Waals surface area contributed by atoms with Gasteiger partial charge in [0, 0.05) is 28.7 Å². The number of fused-ring (bicyclic) bond motifs is 2. The van der Waals surface area contributed by atoms with Crippen LogP contribution in [0, 0.1) is 18.3 Å². The van der Waals surface area contributed by atoms with Gasteiger partial charge in [0.05, 0.1) is 18.2 Å². The smallest absolute Gasteiger partial charge is 0.158 e. The van der Waals surface area contributed by atoms with Crippen molar-refractivity contribution in [2.75, 3.05) is 13.1 Å². The molecule has 1 aliphatic rings. The number of nitriles is 1. The molecule has 3 aromatic heterocycles. The van der Waals surface area contributed by atoms with Crippen molar-refractivity contribution >= 4 is 16.6 Å². The topological polar surface area (TPSA) is 73.0 Å². The molecule has 1 atom stereocenters. The number of hydrogen-bond acceptors (Lipinski definition) is 4. The van der Waals surface area contributed by atoms with Crippen LogP contribution in [0.5, 0.6) is 0 Å². The molecule has 0 amide bonds. The molecule has 0 saturated carbocycles. The van der Waals surface area contributed by atoms with Gasteiger partial charge in [-0.15, -0.1) is 0 Å². The van der Waals surface area contributed by atoms with Crippen LogP contribution in [0.25, 0.3) is 27.8 Å². The van der Waals surface area contributed by atoms with Crippen molar-refractivity contribution in [3.05, 3.63) is 53.5 Å². The summed E-state index contributed by atoms with van der Waals surface area (Å²) in [7, 11) is 0. The van der Waals surface area contributed by atoms with Crippen LogP contribution in [0.3, 0.4) is 0 Å². The molecule has 170 valence electrons. The van der Waals surface area contributed by atoms with Crippen molar-refractivity contribution in [2.45, 2.75) is 64.8 Å². The molecule has 1 N–H and O–H groups in total. The number of pyridine rings is 1. The first-order valence-corrected chi connectivity index (χ1v) is 12.0. The number of aromatic amines is 1. The summed E-state index contributed by atoms with van der Waals surface area (Å²) in [6.07, 6.45) is 6.60. The van der Waals surface area contributed by atoms with Crippen molar-refractivity contribution in [2.24, 2.45) is 0 Å². The summed E-state index contributed by atoms with van der Waals surface area (Å²) >= 11 is 0. The summed E-state index contributed by atoms with van der Waals surface area (Å²) in [5.41, 5.74) is 8.34. The van der Waals surface area contributed by atoms with Crippen molar-refractivity contribution in [1.29, 1.82) is 5.26 Å². The van der Waals surface area contributed by atoms with Gasteiger partial charge in [0.15, 0.2) is 5.65 Å². The molecule has 1 saturated heterocycles. The highest BCUT2D eigenvalue weighted by Gasteiger charge is 2.25. The van der Waals surface area contributed by atoms with E-state index in [1.165, 1.54) is 27.7 Å². The number of nitrogens with one attached hydrogen (secondary N) is 1. The lowest BCUT2D eigenvalue weighted by Crippen LogP contribution is -2.39. The molecule has 5 rings (SSSR count).